The van der Waals surface area contributed by atoms with E-state index < -0.39 is 0 Å². The first kappa shape index (κ1) is 20.9. The van der Waals surface area contributed by atoms with Crippen LogP contribution in [0.15, 0.2) is 35.1 Å². The molecule has 0 radical (unpaired) electrons. The van der Waals surface area contributed by atoms with Crippen LogP contribution < -0.4 is 0 Å². The highest BCUT2D eigenvalue weighted by molar-refractivity contribution is 5.75. The molecule has 0 atom stereocenters. The van der Waals surface area contributed by atoms with Gasteiger partial charge >= 0.3 is 0 Å². The third-order valence-electron chi connectivity index (χ3n) is 3.19. The van der Waals surface area contributed by atoms with Crippen LogP contribution in [0.5, 0.6) is 0 Å². The maximum Gasteiger partial charge on any atom is 0.126 e. The highest BCUT2D eigenvalue weighted by Crippen LogP contribution is 2.13. The van der Waals surface area contributed by atoms with Crippen LogP contribution in [0.1, 0.15) is 51.7 Å². The number of aryl methyl sites for hydroxylation is 4. The van der Waals surface area contributed by atoms with Gasteiger partial charge in [-0.2, -0.15) is 0 Å². The zero-order valence-corrected chi connectivity index (χ0v) is 15.8. The zero-order valence-electron chi connectivity index (χ0n) is 15.8. The smallest absolute Gasteiger partial charge is 0.126 e. The summed E-state index contributed by atoms with van der Waals surface area (Å²) in [5, 5.41) is 3.64. The predicted octanol–water partition coefficient (Wildman–Crippen LogP) is 5.48. The molecule has 2 aromatic heterocycles. The number of rotatable bonds is 1. The molecule has 0 unspecified atom stereocenters. The lowest BCUT2D eigenvalue weighted by atomic mass is 10.3. The Morgan fingerprint density at radius 1 is 1.04 bits per heavy atom. The topological polar surface area (TPSA) is 43.9 Å². The van der Waals surface area contributed by atoms with Crippen LogP contribution in [0.25, 0.3) is 11.0 Å². The van der Waals surface area contributed by atoms with Crippen LogP contribution in [-0.4, -0.2) is 14.7 Å². The summed E-state index contributed by atoms with van der Waals surface area (Å²) in [6.45, 7) is 14.0. The van der Waals surface area contributed by atoms with E-state index in [0.29, 0.717) is 0 Å². The molecule has 0 aliphatic rings. The summed E-state index contributed by atoms with van der Waals surface area (Å²) in [6, 6.07) is 8.22. The molecule has 0 saturated heterocycles. The van der Waals surface area contributed by atoms with Crippen molar-refractivity contribution in [1.82, 2.24) is 14.7 Å². The van der Waals surface area contributed by atoms with Gasteiger partial charge in [0, 0.05) is 19.0 Å². The number of aromatic nitrogens is 3. The molecule has 0 N–H and O–H groups in total. The van der Waals surface area contributed by atoms with Gasteiger partial charge in [0.2, 0.25) is 0 Å². The van der Waals surface area contributed by atoms with E-state index in [1.807, 2.05) is 53.7 Å². The average Bonchev–Trinajstić information content (AvgIpc) is 3.15. The van der Waals surface area contributed by atoms with Gasteiger partial charge in [0.05, 0.1) is 16.7 Å². The second kappa shape index (κ2) is 11.5. The van der Waals surface area contributed by atoms with Crippen molar-refractivity contribution in [2.24, 2.45) is 7.05 Å². The van der Waals surface area contributed by atoms with E-state index >= 15 is 0 Å². The van der Waals surface area contributed by atoms with Crippen molar-refractivity contribution in [3.05, 3.63) is 47.6 Å². The minimum absolute atomic E-state index is 0.972. The third kappa shape index (κ3) is 5.89. The summed E-state index contributed by atoms with van der Waals surface area (Å²) in [4.78, 5) is 4.49. The Balaban J connectivity index is 0.000000377. The standard InChI is InChI=1S/C10H12N2.C5H7NO.2C2H6/c1-3-10-11-8-6-4-5-7-9(8)12(10)2;1-4-3-7-6-5(4)2;2*1-2/h4-7H,3H2,1-2H3;3H,1-2H3;2*1-2H3. The fourth-order valence-electron chi connectivity index (χ4n) is 1.85. The molecular formula is C19H31N3O. The Labute approximate surface area is 140 Å². The minimum Gasteiger partial charge on any atom is -0.364 e. The van der Waals surface area contributed by atoms with E-state index in [0.717, 1.165) is 29.0 Å². The van der Waals surface area contributed by atoms with Gasteiger partial charge in [0.25, 0.3) is 0 Å². The number of benzene rings is 1. The number of nitrogens with zero attached hydrogens (tertiary/aromatic N) is 3. The molecule has 128 valence electrons. The Morgan fingerprint density at radius 3 is 2.04 bits per heavy atom. The molecule has 0 aliphatic heterocycles. The van der Waals surface area contributed by atoms with Crippen molar-refractivity contribution >= 4 is 11.0 Å². The summed E-state index contributed by atoms with van der Waals surface area (Å²) < 4.78 is 6.74. The molecule has 0 bridgehead atoms. The maximum absolute atomic E-state index is 4.59. The minimum atomic E-state index is 0.972. The Bertz CT molecular complexity index is 652. The lowest BCUT2D eigenvalue weighted by Gasteiger charge is -1.96. The molecule has 23 heavy (non-hydrogen) atoms. The molecule has 3 aromatic rings. The van der Waals surface area contributed by atoms with Gasteiger partial charge in [-0.05, 0) is 26.0 Å². The number of para-hydroxylation sites is 2. The van der Waals surface area contributed by atoms with Gasteiger partial charge in [0.1, 0.15) is 12.1 Å². The fraction of sp³-hybridized carbons (Fsp3) is 0.474. The first-order chi connectivity index (χ1) is 11.1. The van der Waals surface area contributed by atoms with Crippen LogP contribution in [0.2, 0.25) is 0 Å². The molecular weight excluding hydrogens is 286 g/mol. The van der Waals surface area contributed by atoms with Gasteiger partial charge in [0.15, 0.2) is 0 Å². The summed E-state index contributed by atoms with van der Waals surface area (Å²) in [6.07, 6.45) is 2.63. The number of imidazole rings is 1. The molecule has 0 spiro atoms. The summed E-state index contributed by atoms with van der Waals surface area (Å²) in [5.74, 6) is 1.15. The average molecular weight is 317 g/mol. The fourth-order valence-corrected chi connectivity index (χ4v) is 1.85. The first-order valence-electron chi connectivity index (χ1n) is 8.41. The highest BCUT2D eigenvalue weighted by atomic mass is 16.5. The van der Waals surface area contributed by atoms with Crippen LogP contribution in [-0.2, 0) is 13.5 Å². The predicted molar refractivity (Wildman–Crippen MR) is 98.8 cm³/mol. The van der Waals surface area contributed by atoms with E-state index in [4.69, 9.17) is 0 Å². The zero-order chi connectivity index (χ0) is 17.8. The summed E-state index contributed by atoms with van der Waals surface area (Å²) >= 11 is 0. The number of hydrogen-bond acceptors (Lipinski definition) is 3. The van der Waals surface area contributed by atoms with E-state index in [9.17, 15) is 0 Å². The molecule has 0 amide bonds. The molecule has 3 rings (SSSR count). The van der Waals surface area contributed by atoms with Crippen molar-refractivity contribution in [3.63, 3.8) is 0 Å². The lowest BCUT2D eigenvalue weighted by Crippen LogP contribution is -1.94. The van der Waals surface area contributed by atoms with E-state index in [2.05, 4.69) is 45.3 Å². The Hall–Kier alpha value is -2.10. The number of hydrogen-bond donors (Lipinski definition) is 0. The van der Waals surface area contributed by atoms with Gasteiger partial charge in [-0.15, -0.1) is 0 Å². The van der Waals surface area contributed by atoms with Gasteiger partial charge in [-0.3, -0.25) is 0 Å². The van der Waals surface area contributed by atoms with E-state index in [-0.39, 0.29) is 0 Å². The SMILES string of the molecule is CC.CC.CCc1nc2ccccc2n1C.Cc1conc1C. The van der Waals surface area contributed by atoms with Gasteiger partial charge in [-0.1, -0.05) is 51.9 Å². The lowest BCUT2D eigenvalue weighted by molar-refractivity contribution is 0.414. The van der Waals surface area contributed by atoms with Crippen LogP contribution in [0.4, 0.5) is 0 Å². The monoisotopic (exact) mass is 317 g/mol. The highest BCUT2D eigenvalue weighted by Gasteiger charge is 2.03. The summed E-state index contributed by atoms with van der Waals surface area (Å²) in [5.41, 5.74) is 4.39. The molecule has 0 aliphatic carbocycles. The van der Waals surface area contributed by atoms with Crippen molar-refractivity contribution in [1.29, 1.82) is 0 Å². The Kier molecular flexibility index (Phi) is 10.4. The van der Waals surface area contributed by atoms with Crippen LogP contribution in [0.3, 0.4) is 0 Å². The largest absolute Gasteiger partial charge is 0.364 e. The quantitative estimate of drug-likeness (QED) is 0.597. The van der Waals surface area contributed by atoms with Crippen LogP contribution in [0, 0.1) is 13.8 Å². The maximum atomic E-state index is 4.59. The van der Waals surface area contributed by atoms with E-state index in [1.165, 1.54) is 5.52 Å². The molecule has 2 heterocycles. The second-order valence-corrected chi connectivity index (χ2v) is 4.51. The first-order valence-corrected chi connectivity index (χ1v) is 8.41. The molecule has 0 fully saturated rings. The van der Waals surface area contributed by atoms with Crippen LogP contribution >= 0.6 is 0 Å². The van der Waals surface area contributed by atoms with E-state index in [1.54, 1.807) is 6.26 Å². The Morgan fingerprint density at radius 2 is 1.65 bits per heavy atom. The molecule has 4 heteroatoms. The summed E-state index contributed by atoms with van der Waals surface area (Å²) in [7, 11) is 2.06. The second-order valence-electron chi connectivity index (χ2n) is 4.51. The van der Waals surface area contributed by atoms with Crippen molar-refractivity contribution in [3.8, 4) is 0 Å². The third-order valence-corrected chi connectivity index (χ3v) is 3.19. The normalized spacial score (nSPS) is 9.04. The van der Waals surface area contributed by atoms with Crippen molar-refractivity contribution < 1.29 is 4.52 Å². The van der Waals surface area contributed by atoms with Crippen molar-refractivity contribution in [2.75, 3.05) is 0 Å². The molecule has 1 aromatic carbocycles. The van der Waals surface area contributed by atoms with Gasteiger partial charge in [-0.25, -0.2) is 4.98 Å². The van der Waals surface area contributed by atoms with Crippen molar-refractivity contribution in [2.45, 2.75) is 54.9 Å². The number of fused-ring (bicyclic) bond motifs is 1. The molecule has 0 saturated carbocycles. The van der Waals surface area contributed by atoms with Gasteiger partial charge < -0.3 is 9.09 Å². The molecule has 4 nitrogen and oxygen atoms in total.